The van der Waals surface area contributed by atoms with Crippen LogP contribution in [0.4, 0.5) is 21.5 Å². The van der Waals surface area contributed by atoms with E-state index in [2.05, 4.69) is 10.6 Å². The molecule has 2 aliphatic rings. The lowest BCUT2D eigenvalue weighted by atomic mass is 10.1. The summed E-state index contributed by atoms with van der Waals surface area (Å²) in [6, 6.07) is 10.2. The predicted molar refractivity (Wildman–Crippen MR) is 105 cm³/mol. The van der Waals surface area contributed by atoms with Crippen molar-refractivity contribution in [2.24, 2.45) is 0 Å². The Labute approximate surface area is 166 Å². The van der Waals surface area contributed by atoms with E-state index in [-0.39, 0.29) is 23.2 Å². The number of carbonyl (C=O) groups is 3. The Balaban J connectivity index is 1.44. The number of nitrogens with one attached hydrogen (secondary N) is 2. The van der Waals surface area contributed by atoms with Crippen molar-refractivity contribution in [1.82, 2.24) is 0 Å². The molecule has 2 heterocycles. The van der Waals surface area contributed by atoms with Gasteiger partial charge in [0.2, 0.25) is 5.91 Å². The summed E-state index contributed by atoms with van der Waals surface area (Å²) in [6.45, 7) is 2.23. The molecule has 1 fully saturated rings. The van der Waals surface area contributed by atoms with Gasteiger partial charge in [-0.25, -0.2) is 9.18 Å². The van der Waals surface area contributed by atoms with E-state index in [9.17, 15) is 18.8 Å². The Kier molecular flexibility index (Phi) is 4.92. The monoisotopic (exact) mass is 397 g/mol. The summed E-state index contributed by atoms with van der Waals surface area (Å²) in [5.41, 5.74) is 1.93. The normalized spacial score (nSPS) is 18.3. The van der Waals surface area contributed by atoms with Crippen LogP contribution >= 0.6 is 0 Å². The SMILES string of the molecule is C[C@H](OC(=O)c1ccc2c(c1)NC(=O)[C@@H]1CCCN21)C(=O)Nc1cccc(F)c1. The molecule has 0 bridgehead atoms. The van der Waals surface area contributed by atoms with Crippen molar-refractivity contribution in [2.45, 2.75) is 31.9 Å². The maximum absolute atomic E-state index is 13.2. The summed E-state index contributed by atoms with van der Waals surface area (Å²) in [7, 11) is 0. The van der Waals surface area contributed by atoms with Crippen molar-refractivity contribution in [3.8, 4) is 0 Å². The van der Waals surface area contributed by atoms with Crippen LogP contribution in [0.3, 0.4) is 0 Å². The number of fused-ring (bicyclic) bond motifs is 3. The van der Waals surface area contributed by atoms with Crippen molar-refractivity contribution >= 4 is 34.8 Å². The number of rotatable bonds is 4. The van der Waals surface area contributed by atoms with Gasteiger partial charge in [0.15, 0.2) is 6.10 Å². The van der Waals surface area contributed by atoms with Gasteiger partial charge in [0.05, 0.1) is 16.9 Å². The van der Waals surface area contributed by atoms with E-state index in [0.717, 1.165) is 25.1 Å². The van der Waals surface area contributed by atoms with Crippen molar-refractivity contribution in [3.63, 3.8) is 0 Å². The number of esters is 1. The first kappa shape index (κ1) is 18.9. The largest absolute Gasteiger partial charge is 0.449 e. The van der Waals surface area contributed by atoms with E-state index in [4.69, 9.17) is 4.74 Å². The molecule has 2 aromatic carbocycles. The van der Waals surface area contributed by atoms with Crippen LogP contribution < -0.4 is 15.5 Å². The fourth-order valence-electron chi connectivity index (χ4n) is 3.65. The first-order chi connectivity index (χ1) is 13.9. The zero-order chi connectivity index (χ0) is 20.5. The Hall–Kier alpha value is -3.42. The molecule has 2 aliphatic heterocycles. The van der Waals surface area contributed by atoms with Crippen LogP contribution in [-0.4, -0.2) is 36.5 Å². The maximum atomic E-state index is 13.2. The molecule has 4 rings (SSSR count). The highest BCUT2D eigenvalue weighted by Crippen LogP contribution is 2.37. The van der Waals surface area contributed by atoms with E-state index >= 15 is 0 Å². The van der Waals surface area contributed by atoms with E-state index in [1.54, 1.807) is 18.2 Å². The molecule has 0 unspecified atom stereocenters. The Morgan fingerprint density at radius 1 is 1.28 bits per heavy atom. The van der Waals surface area contributed by atoms with E-state index in [1.807, 2.05) is 4.90 Å². The molecule has 8 heteroatoms. The number of nitrogens with zero attached hydrogens (tertiary/aromatic N) is 1. The second-order valence-electron chi connectivity index (χ2n) is 7.12. The molecule has 0 radical (unpaired) electrons. The third-order valence-electron chi connectivity index (χ3n) is 5.10. The van der Waals surface area contributed by atoms with Crippen molar-refractivity contribution < 1.29 is 23.5 Å². The fourth-order valence-corrected chi connectivity index (χ4v) is 3.65. The molecule has 2 amide bonds. The number of halogens is 1. The number of anilines is 3. The predicted octanol–water partition coefficient (Wildman–Crippen LogP) is 2.93. The molecular formula is C21H20FN3O4. The van der Waals surface area contributed by atoms with Gasteiger partial charge in [-0.15, -0.1) is 0 Å². The number of amides is 2. The minimum Gasteiger partial charge on any atom is -0.449 e. The van der Waals surface area contributed by atoms with E-state index in [0.29, 0.717) is 5.69 Å². The number of ether oxygens (including phenoxy) is 1. The van der Waals surface area contributed by atoms with Crippen LogP contribution in [-0.2, 0) is 14.3 Å². The van der Waals surface area contributed by atoms with Crippen LogP contribution in [0.2, 0.25) is 0 Å². The van der Waals surface area contributed by atoms with Gasteiger partial charge in [-0.2, -0.15) is 0 Å². The van der Waals surface area contributed by atoms with Crippen LogP contribution in [0.5, 0.6) is 0 Å². The Morgan fingerprint density at radius 3 is 2.90 bits per heavy atom. The third-order valence-corrected chi connectivity index (χ3v) is 5.10. The zero-order valence-corrected chi connectivity index (χ0v) is 15.8. The second-order valence-corrected chi connectivity index (χ2v) is 7.12. The lowest BCUT2D eigenvalue weighted by Gasteiger charge is -2.33. The Bertz CT molecular complexity index is 994. The molecule has 2 atom stereocenters. The van der Waals surface area contributed by atoms with Crippen LogP contribution in [0, 0.1) is 5.82 Å². The average molecular weight is 397 g/mol. The molecule has 0 spiro atoms. The highest BCUT2D eigenvalue weighted by atomic mass is 19.1. The van der Waals surface area contributed by atoms with Gasteiger partial charge in [0, 0.05) is 12.2 Å². The van der Waals surface area contributed by atoms with Gasteiger partial charge in [-0.05, 0) is 56.2 Å². The van der Waals surface area contributed by atoms with Gasteiger partial charge in [0.1, 0.15) is 11.9 Å². The lowest BCUT2D eigenvalue weighted by Crippen LogP contribution is -2.43. The van der Waals surface area contributed by atoms with Crippen LogP contribution in [0.1, 0.15) is 30.1 Å². The molecule has 0 saturated carbocycles. The zero-order valence-electron chi connectivity index (χ0n) is 15.8. The molecule has 150 valence electrons. The van der Waals surface area contributed by atoms with Gasteiger partial charge >= 0.3 is 5.97 Å². The van der Waals surface area contributed by atoms with Gasteiger partial charge in [-0.3, -0.25) is 9.59 Å². The topological polar surface area (TPSA) is 87.7 Å². The molecule has 2 N–H and O–H groups in total. The molecule has 7 nitrogen and oxygen atoms in total. The standard InChI is InChI=1S/C21H20FN3O4/c1-12(19(26)23-15-5-2-4-14(22)11-15)29-21(28)13-7-8-17-16(10-13)24-20(27)18-6-3-9-25(17)18/h2,4-5,7-8,10-12,18H,3,6,9H2,1H3,(H,23,26)(H,24,27)/t12-,18-/m0/s1. The third kappa shape index (κ3) is 3.78. The van der Waals surface area contributed by atoms with Gasteiger partial charge < -0.3 is 20.3 Å². The lowest BCUT2D eigenvalue weighted by molar-refractivity contribution is -0.123. The minimum atomic E-state index is -1.08. The Morgan fingerprint density at radius 2 is 2.10 bits per heavy atom. The maximum Gasteiger partial charge on any atom is 0.338 e. The van der Waals surface area contributed by atoms with Crippen LogP contribution in [0.15, 0.2) is 42.5 Å². The van der Waals surface area contributed by atoms with Gasteiger partial charge in [0.25, 0.3) is 5.91 Å². The van der Waals surface area contributed by atoms with E-state index < -0.39 is 23.8 Å². The van der Waals surface area contributed by atoms with Crippen molar-refractivity contribution in [3.05, 3.63) is 53.8 Å². The first-order valence-electron chi connectivity index (χ1n) is 9.41. The summed E-state index contributed by atoms with van der Waals surface area (Å²) in [4.78, 5) is 39.0. The summed E-state index contributed by atoms with van der Waals surface area (Å²) >= 11 is 0. The summed E-state index contributed by atoms with van der Waals surface area (Å²) in [5, 5.41) is 5.34. The molecule has 0 aromatic heterocycles. The fraction of sp³-hybridized carbons (Fsp3) is 0.286. The summed E-state index contributed by atoms with van der Waals surface area (Å²) in [5.74, 6) is -1.82. The summed E-state index contributed by atoms with van der Waals surface area (Å²) in [6.07, 6.45) is 0.672. The number of hydrogen-bond donors (Lipinski definition) is 2. The number of hydrogen-bond acceptors (Lipinski definition) is 5. The molecular weight excluding hydrogens is 377 g/mol. The number of carbonyl (C=O) groups excluding carboxylic acids is 3. The highest BCUT2D eigenvalue weighted by Gasteiger charge is 2.36. The molecule has 0 aliphatic carbocycles. The molecule has 2 aromatic rings. The van der Waals surface area contributed by atoms with Crippen molar-refractivity contribution in [2.75, 3.05) is 22.1 Å². The molecule has 29 heavy (non-hydrogen) atoms. The van der Waals surface area contributed by atoms with E-state index in [1.165, 1.54) is 31.2 Å². The molecule has 1 saturated heterocycles. The van der Waals surface area contributed by atoms with Crippen LogP contribution in [0.25, 0.3) is 0 Å². The summed E-state index contributed by atoms with van der Waals surface area (Å²) < 4.78 is 18.5. The highest BCUT2D eigenvalue weighted by molar-refractivity contribution is 6.05. The average Bonchev–Trinajstić information content (AvgIpc) is 3.18. The van der Waals surface area contributed by atoms with Crippen molar-refractivity contribution in [1.29, 1.82) is 0 Å². The second kappa shape index (κ2) is 7.54. The first-order valence-corrected chi connectivity index (χ1v) is 9.41. The minimum absolute atomic E-state index is 0.0802. The number of benzene rings is 2. The smallest absolute Gasteiger partial charge is 0.338 e. The quantitative estimate of drug-likeness (QED) is 0.775. The van der Waals surface area contributed by atoms with Gasteiger partial charge in [-0.1, -0.05) is 6.07 Å².